The summed E-state index contributed by atoms with van der Waals surface area (Å²) in [5.74, 6) is 0.622. The van der Waals surface area contributed by atoms with Gasteiger partial charge in [-0.05, 0) is 11.5 Å². The second-order valence-corrected chi connectivity index (χ2v) is 12.3. The Morgan fingerprint density at radius 1 is 1.19 bits per heavy atom. The Morgan fingerprint density at radius 3 is 2.14 bits per heavy atom. The predicted octanol–water partition coefficient (Wildman–Crippen LogP) is 4.24. The summed E-state index contributed by atoms with van der Waals surface area (Å²) in [5, 5.41) is 1.57. The van der Waals surface area contributed by atoms with E-state index in [0.717, 1.165) is 12.2 Å². The molecule has 0 amide bonds. The monoisotopic (exact) mass is 302 g/mol. The third-order valence-electron chi connectivity index (χ3n) is 5.08. The molecule has 1 aromatic carbocycles. The third kappa shape index (κ3) is 2.59. The van der Waals surface area contributed by atoms with Crippen LogP contribution in [0.1, 0.15) is 34.1 Å². The van der Waals surface area contributed by atoms with E-state index in [4.69, 9.17) is 4.74 Å². The number of ether oxygens (including phenoxy) is 1. The number of carbonyl (C=O) groups is 1. The molecule has 0 spiro atoms. The lowest BCUT2D eigenvalue weighted by Gasteiger charge is -2.57. The van der Waals surface area contributed by atoms with Crippen molar-refractivity contribution in [3.8, 4) is 0 Å². The van der Waals surface area contributed by atoms with Gasteiger partial charge in [-0.1, -0.05) is 69.4 Å². The average Bonchev–Trinajstić information content (AvgIpc) is 2.32. The molecular weight excluding hydrogens is 276 g/mol. The molecule has 0 saturated heterocycles. The summed E-state index contributed by atoms with van der Waals surface area (Å²) in [6.45, 7) is 13.2. The van der Waals surface area contributed by atoms with Crippen molar-refractivity contribution >= 4 is 19.2 Å². The molecule has 1 unspecified atom stereocenters. The minimum absolute atomic E-state index is 0.117. The first-order valence-electron chi connectivity index (χ1n) is 7.56. The maximum atomic E-state index is 11.2. The highest BCUT2D eigenvalue weighted by Gasteiger charge is 2.58. The molecule has 21 heavy (non-hydrogen) atoms. The largest absolute Gasteiger partial charge is 0.432 e. The Morgan fingerprint density at radius 2 is 1.71 bits per heavy atom. The summed E-state index contributed by atoms with van der Waals surface area (Å²) in [4.78, 5) is 11.2. The van der Waals surface area contributed by atoms with E-state index in [1.807, 2.05) is 0 Å². The quantitative estimate of drug-likeness (QED) is 0.616. The topological polar surface area (TPSA) is 26.3 Å². The van der Waals surface area contributed by atoms with E-state index >= 15 is 0 Å². The van der Waals surface area contributed by atoms with Crippen molar-refractivity contribution in [2.45, 2.75) is 52.2 Å². The fourth-order valence-electron chi connectivity index (χ4n) is 3.70. The van der Waals surface area contributed by atoms with Crippen molar-refractivity contribution in [3.63, 3.8) is 0 Å². The van der Waals surface area contributed by atoms with Crippen LogP contribution in [0.2, 0.25) is 18.1 Å². The third-order valence-corrected chi connectivity index (χ3v) is 10.2. The van der Waals surface area contributed by atoms with E-state index in [-0.39, 0.29) is 16.4 Å². The lowest BCUT2D eigenvalue weighted by atomic mass is 9.71. The van der Waals surface area contributed by atoms with Crippen molar-refractivity contribution in [1.29, 1.82) is 0 Å². The van der Waals surface area contributed by atoms with Crippen LogP contribution in [0, 0.1) is 5.41 Å². The summed E-state index contributed by atoms with van der Waals surface area (Å²) >= 11 is 0. The van der Waals surface area contributed by atoms with Gasteiger partial charge in [0.25, 0.3) is 0 Å². The van der Waals surface area contributed by atoms with Crippen molar-refractivity contribution in [2.24, 2.45) is 5.41 Å². The number of rotatable bonds is 3. The van der Waals surface area contributed by atoms with Crippen LogP contribution in [0.5, 0.6) is 0 Å². The maximum absolute atomic E-state index is 11.2. The molecule has 0 N–H and O–H groups in total. The van der Waals surface area contributed by atoms with E-state index in [2.05, 4.69) is 70.3 Å². The second kappa shape index (κ2) is 5.13. The zero-order valence-electron chi connectivity index (χ0n) is 14.0. The van der Waals surface area contributed by atoms with Gasteiger partial charge in [0.15, 0.2) is 0 Å². The highest BCUT2D eigenvalue weighted by atomic mass is 28.3. The number of hydrogen-bond donors (Lipinski definition) is 0. The number of benzene rings is 1. The number of carbonyl (C=O) groups excluding carboxylic acids is 1. The Balaban J connectivity index is 2.45. The summed E-state index contributed by atoms with van der Waals surface area (Å²) in [6.07, 6.45) is 3.10. The van der Waals surface area contributed by atoms with Gasteiger partial charge in [-0.2, -0.15) is 0 Å². The molecule has 0 fully saturated rings. The Hall–Kier alpha value is -1.35. The maximum Gasteiger partial charge on any atom is 0.307 e. The smallest absolute Gasteiger partial charge is 0.307 e. The van der Waals surface area contributed by atoms with E-state index in [1.165, 1.54) is 12.1 Å². The molecule has 0 heterocycles. The van der Waals surface area contributed by atoms with Crippen LogP contribution in [-0.2, 0) is 9.53 Å². The van der Waals surface area contributed by atoms with E-state index in [9.17, 15) is 4.79 Å². The molecule has 1 aliphatic rings. The molecule has 2 rings (SSSR count). The van der Waals surface area contributed by atoms with E-state index in [1.54, 1.807) is 0 Å². The molecule has 0 radical (unpaired) electrons. The lowest BCUT2D eigenvalue weighted by Crippen LogP contribution is -2.59. The van der Waals surface area contributed by atoms with Gasteiger partial charge in [0.05, 0.1) is 8.07 Å². The SMILES string of the molecule is CC(=O)OC1=CC(C(C)(C)C)([Si](C)(C)c2ccccc2)C1. The Bertz CT molecular complexity index is 567. The second-order valence-electron chi connectivity index (χ2n) is 7.59. The van der Waals surface area contributed by atoms with Gasteiger partial charge in [-0.25, -0.2) is 0 Å². The van der Waals surface area contributed by atoms with Crippen LogP contribution in [0.15, 0.2) is 42.2 Å². The van der Waals surface area contributed by atoms with Crippen molar-refractivity contribution in [1.82, 2.24) is 0 Å². The minimum Gasteiger partial charge on any atom is -0.432 e. The zero-order valence-corrected chi connectivity index (χ0v) is 15.0. The highest BCUT2D eigenvalue weighted by molar-refractivity contribution is 6.93. The summed E-state index contributed by atoms with van der Waals surface area (Å²) in [5.41, 5.74) is 0.141. The summed E-state index contributed by atoms with van der Waals surface area (Å²) in [6, 6.07) is 10.8. The number of esters is 1. The predicted molar refractivity (Wildman–Crippen MR) is 90.2 cm³/mol. The van der Waals surface area contributed by atoms with E-state index < -0.39 is 8.07 Å². The fraction of sp³-hybridized carbons (Fsp3) is 0.500. The average molecular weight is 302 g/mol. The van der Waals surface area contributed by atoms with Crippen LogP contribution in [0.3, 0.4) is 0 Å². The lowest BCUT2D eigenvalue weighted by molar-refractivity contribution is -0.137. The minimum atomic E-state index is -1.74. The van der Waals surface area contributed by atoms with Gasteiger partial charge in [0, 0.05) is 18.4 Å². The zero-order chi connectivity index (χ0) is 15.9. The molecule has 114 valence electrons. The molecule has 1 atom stereocenters. The Labute approximate surface area is 129 Å². The molecule has 2 nitrogen and oxygen atoms in total. The fourth-order valence-corrected chi connectivity index (χ4v) is 8.26. The van der Waals surface area contributed by atoms with Crippen LogP contribution < -0.4 is 5.19 Å². The normalized spacial score (nSPS) is 22.3. The first kappa shape index (κ1) is 16.0. The van der Waals surface area contributed by atoms with Crippen molar-refractivity contribution in [2.75, 3.05) is 0 Å². The number of allylic oxidation sites excluding steroid dienone is 2. The van der Waals surface area contributed by atoms with Gasteiger partial charge < -0.3 is 4.74 Å². The Kier molecular flexibility index (Phi) is 3.91. The van der Waals surface area contributed by atoms with Crippen LogP contribution in [-0.4, -0.2) is 14.0 Å². The van der Waals surface area contributed by atoms with Gasteiger partial charge in [-0.3, -0.25) is 4.79 Å². The van der Waals surface area contributed by atoms with Gasteiger partial charge in [-0.15, -0.1) is 0 Å². The van der Waals surface area contributed by atoms with E-state index in [0.29, 0.717) is 0 Å². The molecule has 0 aliphatic heterocycles. The summed E-state index contributed by atoms with van der Waals surface area (Å²) in [7, 11) is -1.74. The van der Waals surface area contributed by atoms with Crippen molar-refractivity contribution < 1.29 is 9.53 Å². The standard InChI is InChI=1S/C18H26O2Si/c1-14(19)20-15-12-18(13-15,17(2,3)4)21(5,6)16-10-8-7-9-11-16/h7-12H,13H2,1-6H3. The van der Waals surface area contributed by atoms with Crippen LogP contribution in [0.25, 0.3) is 0 Å². The van der Waals surface area contributed by atoms with Gasteiger partial charge in [0.2, 0.25) is 0 Å². The van der Waals surface area contributed by atoms with Crippen LogP contribution in [0.4, 0.5) is 0 Å². The molecule has 1 aromatic rings. The molecule has 1 aliphatic carbocycles. The molecular formula is C18H26O2Si. The first-order chi connectivity index (χ1) is 9.60. The van der Waals surface area contributed by atoms with Gasteiger partial charge >= 0.3 is 5.97 Å². The molecule has 0 bridgehead atoms. The highest BCUT2D eigenvalue weighted by Crippen LogP contribution is 2.63. The molecule has 3 heteroatoms. The molecule has 0 saturated carbocycles. The summed E-state index contributed by atoms with van der Waals surface area (Å²) < 4.78 is 5.31. The van der Waals surface area contributed by atoms with Gasteiger partial charge in [0.1, 0.15) is 5.76 Å². The van der Waals surface area contributed by atoms with Crippen LogP contribution >= 0.6 is 0 Å². The number of hydrogen-bond acceptors (Lipinski definition) is 2. The first-order valence-corrected chi connectivity index (χ1v) is 10.6. The van der Waals surface area contributed by atoms with Crippen molar-refractivity contribution in [3.05, 3.63) is 42.2 Å². The molecule has 0 aromatic heterocycles.